The van der Waals surface area contributed by atoms with Gasteiger partial charge in [-0.3, -0.25) is 4.79 Å². The van der Waals surface area contributed by atoms with Crippen LogP contribution in [0.2, 0.25) is 0 Å². The highest BCUT2D eigenvalue weighted by molar-refractivity contribution is 5.79. The van der Waals surface area contributed by atoms with Gasteiger partial charge in [0.1, 0.15) is 6.61 Å². The van der Waals surface area contributed by atoms with Crippen LogP contribution in [-0.4, -0.2) is 23.8 Å². The topological polar surface area (TPSA) is 46.5 Å². The predicted octanol–water partition coefficient (Wildman–Crippen LogP) is 6.48. The number of rotatable bonds is 12. The number of carbonyl (C=O) groups excluding carboxylic acids is 1. The quantitative estimate of drug-likeness (QED) is 0.323. The van der Waals surface area contributed by atoms with Crippen molar-refractivity contribution in [3.05, 3.63) is 59.7 Å². The molecule has 30 heavy (non-hydrogen) atoms. The normalized spacial score (nSPS) is 14.8. The van der Waals surface area contributed by atoms with E-state index in [1.807, 2.05) is 6.92 Å². The summed E-state index contributed by atoms with van der Waals surface area (Å²) in [7, 11) is 0. The third kappa shape index (κ3) is 5.51. The zero-order valence-electron chi connectivity index (χ0n) is 18.5. The van der Waals surface area contributed by atoms with E-state index < -0.39 is 0 Å². The van der Waals surface area contributed by atoms with Gasteiger partial charge in [-0.2, -0.15) is 0 Å². The highest BCUT2D eigenvalue weighted by atomic mass is 16.5. The lowest BCUT2D eigenvalue weighted by Gasteiger charge is -2.19. The standard InChI is InChI=1S/C27H36O3/c1-3-12-20(13-6-5-7-14-21(28)4-2)27(29)30-19-26-24-17-10-8-15-22(24)23-16-9-11-18-25(23)26/h8-11,15-18,20-21,26,28H,3-7,12-14,19H2,1-2H3. The van der Waals surface area contributed by atoms with Crippen LogP contribution in [0, 0.1) is 5.92 Å². The fourth-order valence-corrected chi connectivity index (χ4v) is 4.60. The lowest BCUT2D eigenvalue weighted by molar-refractivity contribution is -0.149. The third-order valence-electron chi connectivity index (χ3n) is 6.39. The molecule has 0 bridgehead atoms. The van der Waals surface area contributed by atoms with Gasteiger partial charge in [-0.25, -0.2) is 0 Å². The SMILES string of the molecule is CCCC(CCCCCC(O)CC)C(=O)OCC1c2ccccc2-c2ccccc21. The Labute approximate surface area is 181 Å². The van der Waals surface area contributed by atoms with Crippen molar-refractivity contribution in [2.45, 2.75) is 77.2 Å². The number of aliphatic hydroxyl groups excluding tert-OH is 1. The van der Waals surface area contributed by atoms with Crippen molar-refractivity contribution in [3.8, 4) is 11.1 Å². The molecule has 0 amide bonds. The van der Waals surface area contributed by atoms with Gasteiger partial charge in [-0.05, 0) is 47.9 Å². The van der Waals surface area contributed by atoms with Crippen molar-refractivity contribution < 1.29 is 14.6 Å². The highest BCUT2D eigenvalue weighted by Crippen LogP contribution is 2.44. The summed E-state index contributed by atoms with van der Waals surface area (Å²) in [4.78, 5) is 12.9. The van der Waals surface area contributed by atoms with Gasteiger partial charge in [0.25, 0.3) is 0 Å². The number of carbonyl (C=O) groups is 1. The number of ether oxygens (including phenoxy) is 1. The molecule has 2 aromatic carbocycles. The van der Waals surface area contributed by atoms with Gasteiger partial charge in [0.15, 0.2) is 0 Å². The minimum atomic E-state index is -0.182. The Hall–Kier alpha value is -2.13. The van der Waals surface area contributed by atoms with Crippen molar-refractivity contribution in [2.75, 3.05) is 6.61 Å². The van der Waals surface area contributed by atoms with E-state index in [-0.39, 0.29) is 23.9 Å². The zero-order valence-corrected chi connectivity index (χ0v) is 18.5. The number of hydrogen-bond donors (Lipinski definition) is 1. The smallest absolute Gasteiger partial charge is 0.308 e. The molecule has 2 unspecified atom stereocenters. The molecular formula is C27H36O3. The molecule has 0 saturated carbocycles. The number of aliphatic hydroxyl groups is 1. The lowest BCUT2D eigenvalue weighted by atomic mass is 9.95. The number of unbranched alkanes of at least 4 members (excludes halogenated alkanes) is 2. The third-order valence-corrected chi connectivity index (χ3v) is 6.39. The molecule has 3 heteroatoms. The van der Waals surface area contributed by atoms with E-state index in [0.717, 1.165) is 51.4 Å². The van der Waals surface area contributed by atoms with Crippen LogP contribution < -0.4 is 0 Å². The molecule has 1 aliphatic carbocycles. The Morgan fingerprint density at radius 2 is 1.50 bits per heavy atom. The molecule has 0 heterocycles. The summed E-state index contributed by atoms with van der Waals surface area (Å²) in [5, 5.41) is 9.68. The van der Waals surface area contributed by atoms with E-state index in [9.17, 15) is 9.90 Å². The first-order valence-electron chi connectivity index (χ1n) is 11.7. The van der Waals surface area contributed by atoms with Crippen LogP contribution in [0.25, 0.3) is 11.1 Å². The maximum absolute atomic E-state index is 12.9. The summed E-state index contributed by atoms with van der Waals surface area (Å²) in [6, 6.07) is 16.9. The second-order valence-electron chi connectivity index (χ2n) is 8.54. The average Bonchev–Trinajstić information content (AvgIpc) is 3.10. The first kappa shape index (κ1) is 22.6. The molecule has 0 radical (unpaired) electrons. The summed E-state index contributed by atoms with van der Waals surface area (Å²) in [6.07, 6.45) is 7.36. The molecule has 0 aromatic heterocycles. The monoisotopic (exact) mass is 408 g/mol. The second-order valence-corrected chi connectivity index (χ2v) is 8.54. The number of hydrogen-bond acceptors (Lipinski definition) is 3. The largest absolute Gasteiger partial charge is 0.464 e. The molecular weight excluding hydrogens is 372 g/mol. The van der Waals surface area contributed by atoms with Crippen LogP contribution in [-0.2, 0) is 9.53 Å². The van der Waals surface area contributed by atoms with E-state index in [4.69, 9.17) is 4.74 Å². The van der Waals surface area contributed by atoms with Crippen LogP contribution in [0.3, 0.4) is 0 Å². The molecule has 0 aliphatic heterocycles. The average molecular weight is 409 g/mol. The molecule has 3 nitrogen and oxygen atoms in total. The molecule has 2 aromatic rings. The maximum atomic E-state index is 12.9. The summed E-state index contributed by atoms with van der Waals surface area (Å²) >= 11 is 0. The van der Waals surface area contributed by atoms with Crippen molar-refractivity contribution in [1.82, 2.24) is 0 Å². The van der Waals surface area contributed by atoms with E-state index >= 15 is 0 Å². The number of benzene rings is 2. The Kier molecular flexibility index (Phi) is 8.50. The summed E-state index contributed by atoms with van der Waals surface area (Å²) in [6.45, 7) is 4.55. The fraction of sp³-hybridized carbons (Fsp3) is 0.519. The number of esters is 1. The molecule has 0 fully saturated rings. The minimum absolute atomic E-state index is 0.0158. The second kappa shape index (κ2) is 11.3. The number of fused-ring (bicyclic) bond motifs is 3. The lowest BCUT2D eigenvalue weighted by Crippen LogP contribution is -2.21. The van der Waals surface area contributed by atoms with Crippen LogP contribution in [0.4, 0.5) is 0 Å². The van der Waals surface area contributed by atoms with E-state index in [1.54, 1.807) is 0 Å². The molecule has 1 aliphatic rings. The predicted molar refractivity (Wildman–Crippen MR) is 122 cm³/mol. The van der Waals surface area contributed by atoms with Crippen LogP contribution >= 0.6 is 0 Å². The van der Waals surface area contributed by atoms with Crippen LogP contribution in [0.1, 0.15) is 82.3 Å². The Bertz CT molecular complexity index is 768. The molecule has 0 saturated heterocycles. The maximum Gasteiger partial charge on any atom is 0.308 e. The summed E-state index contributed by atoms with van der Waals surface area (Å²) in [5.74, 6) is 0.0597. The van der Waals surface area contributed by atoms with Crippen LogP contribution in [0.15, 0.2) is 48.5 Å². The van der Waals surface area contributed by atoms with Crippen LogP contribution in [0.5, 0.6) is 0 Å². The Morgan fingerprint density at radius 1 is 0.900 bits per heavy atom. The minimum Gasteiger partial charge on any atom is -0.464 e. The van der Waals surface area contributed by atoms with Gasteiger partial charge >= 0.3 is 5.97 Å². The molecule has 1 N–H and O–H groups in total. The van der Waals surface area contributed by atoms with Crippen molar-refractivity contribution in [1.29, 1.82) is 0 Å². The highest BCUT2D eigenvalue weighted by Gasteiger charge is 2.30. The fourth-order valence-electron chi connectivity index (χ4n) is 4.60. The van der Waals surface area contributed by atoms with Gasteiger partial charge in [-0.15, -0.1) is 0 Å². The van der Waals surface area contributed by atoms with E-state index in [1.165, 1.54) is 22.3 Å². The molecule has 3 rings (SSSR count). The first-order valence-corrected chi connectivity index (χ1v) is 11.7. The van der Waals surface area contributed by atoms with Gasteiger partial charge in [0.05, 0.1) is 12.0 Å². The molecule has 162 valence electrons. The zero-order chi connectivity index (χ0) is 21.3. The van der Waals surface area contributed by atoms with Gasteiger partial charge in [0, 0.05) is 5.92 Å². The molecule has 0 spiro atoms. The Balaban J connectivity index is 1.55. The van der Waals surface area contributed by atoms with E-state index in [2.05, 4.69) is 55.5 Å². The van der Waals surface area contributed by atoms with Gasteiger partial charge in [-0.1, -0.05) is 88.1 Å². The molecule has 2 atom stereocenters. The van der Waals surface area contributed by atoms with Crippen molar-refractivity contribution in [3.63, 3.8) is 0 Å². The Morgan fingerprint density at radius 3 is 2.10 bits per heavy atom. The van der Waals surface area contributed by atoms with Gasteiger partial charge in [0.2, 0.25) is 0 Å². The van der Waals surface area contributed by atoms with Crippen molar-refractivity contribution in [2.24, 2.45) is 5.92 Å². The van der Waals surface area contributed by atoms with E-state index in [0.29, 0.717) is 6.61 Å². The summed E-state index contributed by atoms with van der Waals surface area (Å²) < 4.78 is 5.89. The van der Waals surface area contributed by atoms with Crippen molar-refractivity contribution >= 4 is 5.97 Å². The summed E-state index contributed by atoms with van der Waals surface area (Å²) in [5.41, 5.74) is 5.03. The van der Waals surface area contributed by atoms with Gasteiger partial charge < -0.3 is 9.84 Å². The first-order chi connectivity index (χ1) is 14.7.